The molecule has 52 valence electrons. The fraction of sp³-hybridized carbons (Fsp3) is 0.714. The Morgan fingerprint density at radius 1 is 1.67 bits per heavy atom. The Kier molecular flexibility index (Phi) is 2.74. The highest BCUT2D eigenvalue weighted by Gasteiger charge is 2.13. The Balaban J connectivity index is 2.04. The largest absolute Gasteiger partial charge is 0.353 e. The van der Waals surface area contributed by atoms with Crippen LogP contribution in [-0.2, 0) is 9.47 Å². The summed E-state index contributed by atoms with van der Waals surface area (Å²) in [5.41, 5.74) is 0. The lowest BCUT2D eigenvalue weighted by Gasteiger charge is -2.02. The standard InChI is InChI=1S/C7H12O2/c1-2-3-4-7-5-8-6-9-7/h2,7H,1,3-6H2. The van der Waals surface area contributed by atoms with E-state index in [-0.39, 0.29) is 0 Å². The molecule has 1 saturated heterocycles. The fourth-order valence-corrected chi connectivity index (χ4v) is 0.842. The Morgan fingerprint density at radius 3 is 3.11 bits per heavy atom. The van der Waals surface area contributed by atoms with Gasteiger partial charge in [-0.15, -0.1) is 6.58 Å². The van der Waals surface area contributed by atoms with Crippen LogP contribution in [-0.4, -0.2) is 19.5 Å². The van der Waals surface area contributed by atoms with E-state index in [0.29, 0.717) is 12.9 Å². The normalized spacial score (nSPS) is 26.4. The zero-order chi connectivity index (χ0) is 6.53. The van der Waals surface area contributed by atoms with E-state index in [1.807, 2.05) is 6.08 Å². The molecule has 2 nitrogen and oxygen atoms in total. The summed E-state index contributed by atoms with van der Waals surface area (Å²) in [7, 11) is 0. The van der Waals surface area contributed by atoms with Crippen molar-refractivity contribution in [3.05, 3.63) is 12.7 Å². The van der Waals surface area contributed by atoms with Crippen LogP contribution in [0.5, 0.6) is 0 Å². The predicted octanol–water partition coefficient (Wildman–Crippen LogP) is 1.33. The van der Waals surface area contributed by atoms with Gasteiger partial charge < -0.3 is 9.47 Å². The molecule has 0 aromatic heterocycles. The summed E-state index contributed by atoms with van der Waals surface area (Å²) in [6, 6.07) is 0. The average Bonchev–Trinajstić information content (AvgIpc) is 2.34. The van der Waals surface area contributed by atoms with Crippen molar-refractivity contribution < 1.29 is 9.47 Å². The van der Waals surface area contributed by atoms with Gasteiger partial charge in [0.1, 0.15) is 6.79 Å². The highest BCUT2D eigenvalue weighted by Crippen LogP contribution is 2.08. The van der Waals surface area contributed by atoms with Gasteiger partial charge in [-0.05, 0) is 12.8 Å². The molecule has 2 heteroatoms. The highest BCUT2D eigenvalue weighted by molar-refractivity contribution is 4.70. The summed E-state index contributed by atoms with van der Waals surface area (Å²) in [4.78, 5) is 0. The molecule has 1 aliphatic heterocycles. The average molecular weight is 128 g/mol. The molecule has 1 aliphatic rings. The van der Waals surface area contributed by atoms with Crippen LogP contribution < -0.4 is 0 Å². The molecule has 1 atom stereocenters. The van der Waals surface area contributed by atoms with Gasteiger partial charge in [0.2, 0.25) is 0 Å². The molecule has 0 amide bonds. The molecule has 0 saturated carbocycles. The van der Waals surface area contributed by atoms with Crippen LogP contribution in [0.2, 0.25) is 0 Å². The van der Waals surface area contributed by atoms with Gasteiger partial charge in [0.25, 0.3) is 0 Å². The molecule has 0 aliphatic carbocycles. The van der Waals surface area contributed by atoms with Crippen LogP contribution in [0.3, 0.4) is 0 Å². The molecular weight excluding hydrogens is 116 g/mol. The quantitative estimate of drug-likeness (QED) is 0.534. The SMILES string of the molecule is C=CCCC1COCO1. The summed E-state index contributed by atoms with van der Waals surface area (Å²) in [5.74, 6) is 0. The van der Waals surface area contributed by atoms with Crippen molar-refractivity contribution in [2.24, 2.45) is 0 Å². The van der Waals surface area contributed by atoms with E-state index < -0.39 is 0 Å². The summed E-state index contributed by atoms with van der Waals surface area (Å²) in [5, 5.41) is 0. The minimum atomic E-state index is 0.322. The third-order valence-corrected chi connectivity index (χ3v) is 1.38. The highest BCUT2D eigenvalue weighted by atomic mass is 16.7. The molecule has 0 spiro atoms. The van der Waals surface area contributed by atoms with E-state index in [2.05, 4.69) is 6.58 Å². The van der Waals surface area contributed by atoms with Crippen LogP contribution >= 0.6 is 0 Å². The van der Waals surface area contributed by atoms with Crippen molar-refractivity contribution in [1.29, 1.82) is 0 Å². The first-order valence-corrected chi connectivity index (χ1v) is 3.23. The monoisotopic (exact) mass is 128 g/mol. The van der Waals surface area contributed by atoms with Gasteiger partial charge in [-0.1, -0.05) is 6.08 Å². The first-order valence-electron chi connectivity index (χ1n) is 3.23. The summed E-state index contributed by atoms with van der Waals surface area (Å²) in [6.07, 6.45) is 4.29. The lowest BCUT2D eigenvalue weighted by Crippen LogP contribution is -2.07. The summed E-state index contributed by atoms with van der Waals surface area (Å²) >= 11 is 0. The number of allylic oxidation sites excluding steroid dienone is 1. The van der Waals surface area contributed by atoms with Gasteiger partial charge in [0.15, 0.2) is 0 Å². The van der Waals surface area contributed by atoms with E-state index in [9.17, 15) is 0 Å². The topological polar surface area (TPSA) is 18.5 Å². The Morgan fingerprint density at radius 2 is 2.56 bits per heavy atom. The number of hydrogen-bond donors (Lipinski definition) is 0. The van der Waals surface area contributed by atoms with Crippen LogP contribution in [0.1, 0.15) is 12.8 Å². The van der Waals surface area contributed by atoms with Crippen molar-refractivity contribution in [2.75, 3.05) is 13.4 Å². The zero-order valence-electron chi connectivity index (χ0n) is 5.51. The van der Waals surface area contributed by atoms with Crippen LogP contribution in [0.4, 0.5) is 0 Å². The van der Waals surface area contributed by atoms with Gasteiger partial charge in [-0.2, -0.15) is 0 Å². The third kappa shape index (κ3) is 2.16. The molecule has 1 unspecified atom stereocenters. The molecule has 0 bridgehead atoms. The lowest BCUT2D eigenvalue weighted by atomic mass is 10.2. The molecular formula is C7H12O2. The van der Waals surface area contributed by atoms with Gasteiger partial charge in [0, 0.05) is 0 Å². The van der Waals surface area contributed by atoms with E-state index in [1.165, 1.54) is 0 Å². The molecule has 0 aromatic carbocycles. The van der Waals surface area contributed by atoms with Crippen LogP contribution in [0.25, 0.3) is 0 Å². The Labute approximate surface area is 55.5 Å². The second-order valence-corrected chi connectivity index (χ2v) is 2.14. The summed E-state index contributed by atoms with van der Waals surface area (Å²) < 4.78 is 10.2. The van der Waals surface area contributed by atoms with Crippen molar-refractivity contribution in [3.63, 3.8) is 0 Å². The van der Waals surface area contributed by atoms with E-state index in [4.69, 9.17) is 9.47 Å². The van der Waals surface area contributed by atoms with E-state index >= 15 is 0 Å². The first-order chi connectivity index (χ1) is 4.43. The van der Waals surface area contributed by atoms with Gasteiger partial charge in [-0.3, -0.25) is 0 Å². The van der Waals surface area contributed by atoms with Crippen molar-refractivity contribution in [2.45, 2.75) is 18.9 Å². The van der Waals surface area contributed by atoms with Crippen LogP contribution in [0.15, 0.2) is 12.7 Å². The third-order valence-electron chi connectivity index (χ3n) is 1.38. The maximum atomic E-state index is 5.18. The second kappa shape index (κ2) is 3.64. The molecule has 0 N–H and O–H groups in total. The Bertz CT molecular complexity index is 84.9. The molecule has 1 rings (SSSR count). The smallest absolute Gasteiger partial charge is 0.147 e. The van der Waals surface area contributed by atoms with E-state index in [1.54, 1.807) is 0 Å². The molecule has 0 aromatic rings. The van der Waals surface area contributed by atoms with Crippen molar-refractivity contribution >= 4 is 0 Å². The fourth-order valence-electron chi connectivity index (χ4n) is 0.842. The first kappa shape index (κ1) is 6.78. The number of ether oxygens (including phenoxy) is 2. The minimum absolute atomic E-state index is 0.322. The predicted molar refractivity (Wildman–Crippen MR) is 35.1 cm³/mol. The van der Waals surface area contributed by atoms with Gasteiger partial charge in [0.05, 0.1) is 12.7 Å². The molecule has 0 radical (unpaired) electrons. The number of rotatable bonds is 3. The molecule has 1 fully saturated rings. The van der Waals surface area contributed by atoms with Gasteiger partial charge >= 0.3 is 0 Å². The zero-order valence-corrected chi connectivity index (χ0v) is 5.51. The van der Waals surface area contributed by atoms with E-state index in [0.717, 1.165) is 19.4 Å². The second-order valence-electron chi connectivity index (χ2n) is 2.14. The minimum Gasteiger partial charge on any atom is -0.353 e. The maximum Gasteiger partial charge on any atom is 0.147 e. The van der Waals surface area contributed by atoms with Crippen molar-refractivity contribution in [1.82, 2.24) is 0 Å². The Hall–Kier alpha value is -0.340. The molecule has 1 heterocycles. The summed E-state index contributed by atoms with van der Waals surface area (Å²) in [6.45, 7) is 4.86. The number of hydrogen-bond acceptors (Lipinski definition) is 2. The van der Waals surface area contributed by atoms with Crippen LogP contribution in [0, 0.1) is 0 Å². The van der Waals surface area contributed by atoms with Gasteiger partial charge in [-0.25, -0.2) is 0 Å². The maximum absolute atomic E-state index is 5.18. The van der Waals surface area contributed by atoms with Crippen molar-refractivity contribution in [3.8, 4) is 0 Å². The lowest BCUT2D eigenvalue weighted by molar-refractivity contribution is 0.0450. The molecule has 9 heavy (non-hydrogen) atoms.